The molecule has 2 N–H and O–H groups in total. The molecule has 0 aliphatic carbocycles. The highest BCUT2D eigenvalue weighted by Gasteiger charge is 2.10. The summed E-state index contributed by atoms with van der Waals surface area (Å²) in [4.78, 5) is 5.20. The van der Waals surface area contributed by atoms with Crippen molar-refractivity contribution in [2.75, 3.05) is 5.73 Å². The lowest BCUT2D eigenvalue weighted by atomic mass is 10.2. The molecule has 0 atom stereocenters. The molecule has 0 aliphatic rings. The van der Waals surface area contributed by atoms with Crippen molar-refractivity contribution >= 4 is 28.5 Å². The zero-order valence-electron chi connectivity index (χ0n) is 10.8. The van der Waals surface area contributed by atoms with Gasteiger partial charge >= 0.3 is 0 Å². The number of nitrogen functional groups attached to an aromatic ring is 1. The monoisotopic (exact) mass is 281 g/mol. The van der Waals surface area contributed by atoms with E-state index in [1.165, 1.54) is 11.8 Å². The molecule has 3 aromatic rings. The van der Waals surface area contributed by atoms with Crippen LogP contribution in [0.3, 0.4) is 0 Å². The number of fused-ring (bicyclic) bond motifs is 1. The molecule has 0 saturated carbocycles. The van der Waals surface area contributed by atoms with Gasteiger partial charge in [-0.3, -0.25) is 0 Å². The second kappa shape index (κ2) is 4.91. The number of hydrogen-bond acceptors (Lipinski definition) is 5. The normalized spacial score (nSPS) is 10.6. The van der Waals surface area contributed by atoms with E-state index in [0.717, 1.165) is 16.0 Å². The summed E-state index contributed by atoms with van der Waals surface area (Å²) in [7, 11) is 0. The third-order valence-electron chi connectivity index (χ3n) is 2.84. The number of nitrogens with two attached hydrogens (primary N) is 1. The standard InChI is InChI=1S/C15H11N3OS/c1-9-2-5-14(10(6-9)8-16)20-15-18-12-7-11(17)3-4-13(12)19-15/h2-7H,17H2,1H3. The Morgan fingerprint density at radius 3 is 2.90 bits per heavy atom. The first-order valence-electron chi connectivity index (χ1n) is 6.00. The Balaban J connectivity index is 1.99. The van der Waals surface area contributed by atoms with Gasteiger partial charge in [0, 0.05) is 10.6 Å². The molecule has 0 fully saturated rings. The van der Waals surface area contributed by atoms with Crippen LogP contribution >= 0.6 is 11.8 Å². The lowest BCUT2D eigenvalue weighted by Crippen LogP contribution is -1.83. The highest BCUT2D eigenvalue weighted by molar-refractivity contribution is 7.99. The van der Waals surface area contributed by atoms with Gasteiger partial charge in [0.15, 0.2) is 5.58 Å². The maximum Gasteiger partial charge on any atom is 0.261 e. The van der Waals surface area contributed by atoms with Crippen LogP contribution in [0, 0.1) is 18.3 Å². The Morgan fingerprint density at radius 2 is 2.10 bits per heavy atom. The molecule has 1 heterocycles. The van der Waals surface area contributed by atoms with Crippen LogP contribution in [-0.2, 0) is 0 Å². The Bertz CT molecular complexity index is 833. The van der Waals surface area contributed by atoms with E-state index in [9.17, 15) is 0 Å². The first-order valence-corrected chi connectivity index (χ1v) is 6.82. The molecule has 0 bridgehead atoms. The first-order chi connectivity index (χ1) is 9.65. The first kappa shape index (κ1) is 12.6. The van der Waals surface area contributed by atoms with Crippen molar-refractivity contribution in [1.29, 1.82) is 5.26 Å². The predicted molar refractivity (Wildman–Crippen MR) is 78.4 cm³/mol. The van der Waals surface area contributed by atoms with Crippen molar-refractivity contribution in [1.82, 2.24) is 4.98 Å². The number of hydrogen-bond donors (Lipinski definition) is 1. The van der Waals surface area contributed by atoms with E-state index in [2.05, 4.69) is 11.1 Å². The van der Waals surface area contributed by atoms with E-state index in [0.29, 0.717) is 22.1 Å². The largest absolute Gasteiger partial charge is 0.431 e. The molecule has 0 saturated heterocycles. The minimum Gasteiger partial charge on any atom is -0.431 e. The average molecular weight is 281 g/mol. The van der Waals surface area contributed by atoms with Gasteiger partial charge in [-0.2, -0.15) is 5.26 Å². The van der Waals surface area contributed by atoms with Crippen molar-refractivity contribution in [2.24, 2.45) is 0 Å². The number of benzene rings is 2. The molecule has 0 spiro atoms. The second-order valence-corrected chi connectivity index (χ2v) is 5.41. The predicted octanol–water partition coefficient (Wildman–Crippen LogP) is 3.74. The summed E-state index contributed by atoms with van der Waals surface area (Å²) in [6, 6.07) is 13.2. The van der Waals surface area contributed by atoms with Crippen LogP contribution in [0.1, 0.15) is 11.1 Å². The number of nitriles is 1. The van der Waals surface area contributed by atoms with E-state index in [1.807, 2.05) is 25.1 Å². The topological polar surface area (TPSA) is 75.8 Å². The van der Waals surface area contributed by atoms with E-state index in [1.54, 1.807) is 18.2 Å². The van der Waals surface area contributed by atoms with Crippen LogP contribution < -0.4 is 5.73 Å². The van der Waals surface area contributed by atoms with Crippen LogP contribution in [0.4, 0.5) is 5.69 Å². The zero-order valence-corrected chi connectivity index (χ0v) is 11.6. The summed E-state index contributed by atoms with van der Waals surface area (Å²) in [6.07, 6.45) is 0. The van der Waals surface area contributed by atoms with Gasteiger partial charge in [0.05, 0.1) is 5.56 Å². The van der Waals surface area contributed by atoms with Crippen LogP contribution in [0.25, 0.3) is 11.1 Å². The molecule has 1 aromatic heterocycles. The fourth-order valence-corrected chi connectivity index (χ4v) is 2.70. The summed E-state index contributed by atoms with van der Waals surface area (Å²) >= 11 is 1.34. The maximum atomic E-state index is 9.17. The van der Waals surface area contributed by atoms with Gasteiger partial charge in [-0.05, 0) is 54.6 Å². The van der Waals surface area contributed by atoms with Gasteiger partial charge in [0.25, 0.3) is 5.22 Å². The molecule has 3 rings (SSSR count). The smallest absolute Gasteiger partial charge is 0.261 e. The van der Waals surface area contributed by atoms with Crippen LogP contribution in [0.2, 0.25) is 0 Å². The Hall–Kier alpha value is -2.45. The fourth-order valence-electron chi connectivity index (χ4n) is 1.88. The van der Waals surface area contributed by atoms with Crippen LogP contribution in [-0.4, -0.2) is 4.98 Å². The Labute approximate surface area is 120 Å². The SMILES string of the molecule is Cc1ccc(Sc2nc3cc(N)ccc3o2)c(C#N)c1. The van der Waals surface area contributed by atoms with E-state index in [-0.39, 0.29) is 0 Å². The molecule has 0 amide bonds. The molecular weight excluding hydrogens is 270 g/mol. The minimum absolute atomic E-state index is 0.506. The van der Waals surface area contributed by atoms with Crippen molar-refractivity contribution < 1.29 is 4.42 Å². The molecule has 0 radical (unpaired) electrons. The summed E-state index contributed by atoms with van der Waals surface area (Å²) < 4.78 is 5.64. The minimum atomic E-state index is 0.506. The van der Waals surface area contributed by atoms with Crippen molar-refractivity contribution in [3.05, 3.63) is 47.5 Å². The molecular formula is C15H11N3OS. The molecule has 4 nitrogen and oxygen atoms in total. The summed E-state index contributed by atoms with van der Waals surface area (Å²) in [5.41, 5.74) is 9.45. The number of aryl methyl sites for hydroxylation is 1. The molecule has 0 unspecified atom stereocenters. The van der Waals surface area contributed by atoms with Gasteiger partial charge in [0.1, 0.15) is 11.6 Å². The second-order valence-electron chi connectivity index (χ2n) is 4.42. The highest BCUT2D eigenvalue weighted by atomic mass is 32.2. The summed E-state index contributed by atoms with van der Waals surface area (Å²) in [6.45, 7) is 1.96. The molecule has 20 heavy (non-hydrogen) atoms. The third-order valence-corrected chi connectivity index (χ3v) is 3.77. The van der Waals surface area contributed by atoms with Gasteiger partial charge < -0.3 is 10.2 Å². The number of nitrogens with zero attached hydrogens (tertiary/aromatic N) is 2. The van der Waals surface area contributed by atoms with Crippen LogP contribution in [0.5, 0.6) is 0 Å². The third kappa shape index (κ3) is 2.33. The van der Waals surface area contributed by atoms with Crippen molar-refractivity contribution in [2.45, 2.75) is 17.0 Å². The van der Waals surface area contributed by atoms with Gasteiger partial charge in [0.2, 0.25) is 0 Å². The molecule has 0 aliphatic heterocycles. The number of anilines is 1. The quantitative estimate of drug-likeness (QED) is 0.724. The number of oxazole rings is 1. The fraction of sp³-hybridized carbons (Fsp3) is 0.0667. The molecule has 5 heteroatoms. The molecule has 98 valence electrons. The summed E-state index contributed by atoms with van der Waals surface area (Å²) in [5, 5.41) is 9.67. The maximum absolute atomic E-state index is 9.17. The van der Waals surface area contributed by atoms with Crippen molar-refractivity contribution in [3.63, 3.8) is 0 Å². The van der Waals surface area contributed by atoms with Crippen molar-refractivity contribution in [3.8, 4) is 6.07 Å². The summed E-state index contributed by atoms with van der Waals surface area (Å²) in [5.74, 6) is 0. The van der Waals surface area contributed by atoms with E-state index >= 15 is 0 Å². The molecule has 2 aromatic carbocycles. The Morgan fingerprint density at radius 1 is 1.25 bits per heavy atom. The average Bonchev–Trinajstić information content (AvgIpc) is 2.82. The van der Waals surface area contributed by atoms with Gasteiger partial charge in [-0.1, -0.05) is 6.07 Å². The van der Waals surface area contributed by atoms with Crippen LogP contribution in [0.15, 0.2) is 50.9 Å². The lowest BCUT2D eigenvalue weighted by molar-refractivity contribution is 0.489. The number of rotatable bonds is 2. The van der Waals surface area contributed by atoms with E-state index < -0.39 is 0 Å². The van der Waals surface area contributed by atoms with E-state index in [4.69, 9.17) is 15.4 Å². The number of aromatic nitrogens is 1. The lowest BCUT2D eigenvalue weighted by Gasteiger charge is -2.01. The highest BCUT2D eigenvalue weighted by Crippen LogP contribution is 2.32. The zero-order chi connectivity index (χ0) is 14.1. The van der Waals surface area contributed by atoms with Gasteiger partial charge in [-0.15, -0.1) is 0 Å². The van der Waals surface area contributed by atoms with Gasteiger partial charge in [-0.25, -0.2) is 4.98 Å². The Kier molecular flexibility index (Phi) is 3.09.